The summed E-state index contributed by atoms with van der Waals surface area (Å²) in [6, 6.07) is 29.6. The van der Waals surface area contributed by atoms with Crippen LogP contribution in [0.2, 0.25) is 6.55 Å². The third-order valence-electron chi connectivity index (χ3n) is 5.27. The van der Waals surface area contributed by atoms with Crippen LogP contribution in [-0.4, -0.2) is 8.80 Å². The van der Waals surface area contributed by atoms with Crippen LogP contribution in [0.25, 0.3) is 32.7 Å². The summed E-state index contributed by atoms with van der Waals surface area (Å²) in [5, 5.41) is 5.51. The second kappa shape index (κ2) is 5.32. The average molecular weight is 323 g/mol. The molecular weight excluding hydrogens is 304 g/mol. The molecule has 0 fully saturated rings. The van der Waals surface area contributed by atoms with Crippen LogP contribution in [0.1, 0.15) is 11.1 Å². The molecule has 1 heteroatoms. The molecule has 1 radical (unpaired) electrons. The van der Waals surface area contributed by atoms with Gasteiger partial charge in [0.25, 0.3) is 0 Å². The van der Waals surface area contributed by atoms with Crippen LogP contribution < -0.4 is 0 Å². The number of benzene rings is 4. The normalized spacial score (nSPS) is 14.4. The van der Waals surface area contributed by atoms with Crippen molar-refractivity contribution in [3.8, 4) is 11.1 Å². The van der Waals surface area contributed by atoms with E-state index in [1.54, 1.807) is 11.1 Å². The second-order valence-electron chi connectivity index (χ2n) is 6.95. The first-order valence-corrected chi connectivity index (χ1v) is 11.1. The van der Waals surface area contributed by atoms with E-state index in [0.29, 0.717) is 0 Å². The van der Waals surface area contributed by atoms with Gasteiger partial charge in [-0.1, -0.05) is 79.3 Å². The highest BCUT2D eigenvalue weighted by Crippen LogP contribution is 2.41. The molecule has 24 heavy (non-hydrogen) atoms. The molecule has 115 valence electrons. The Morgan fingerprint density at radius 1 is 0.583 bits per heavy atom. The molecule has 0 atom stereocenters. The van der Waals surface area contributed by atoms with Crippen LogP contribution in [0.4, 0.5) is 0 Å². The lowest BCUT2D eigenvalue weighted by atomic mass is 9.88. The van der Waals surface area contributed by atoms with Crippen molar-refractivity contribution in [3.63, 3.8) is 0 Å². The van der Waals surface area contributed by atoms with Gasteiger partial charge < -0.3 is 0 Å². The van der Waals surface area contributed by atoms with Crippen LogP contribution in [0.3, 0.4) is 0 Å². The van der Waals surface area contributed by atoms with E-state index in [0.717, 1.165) is 0 Å². The summed E-state index contributed by atoms with van der Waals surface area (Å²) in [5.74, 6) is 0. The van der Waals surface area contributed by atoms with E-state index < -0.39 is 0 Å². The molecule has 0 saturated heterocycles. The number of hydrogen-bond donors (Lipinski definition) is 0. The van der Waals surface area contributed by atoms with Gasteiger partial charge in [-0.15, -0.1) is 0 Å². The summed E-state index contributed by atoms with van der Waals surface area (Å²) in [6.07, 6.45) is 0. The van der Waals surface area contributed by atoms with Crippen LogP contribution in [-0.2, 0) is 12.1 Å². The first kappa shape index (κ1) is 14.0. The van der Waals surface area contributed by atoms with Crippen LogP contribution in [0, 0.1) is 0 Å². The zero-order valence-electron chi connectivity index (χ0n) is 13.8. The monoisotopic (exact) mass is 323 g/mol. The lowest BCUT2D eigenvalue weighted by molar-refractivity contribution is 1.32. The lowest BCUT2D eigenvalue weighted by Crippen LogP contribution is -2.14. The molecule has 0 bridgehead atoms. The van der Waals surface area contributed by atoms with E-state index in [2.05, 4.69) is 79.3 Å². The first-order valence-electron chi connectivity index (χ1n) is 8.64. The van der Waals surface area contributed by atoms with Crippen molar-refractivity contribution in [2.75, 3.05) is 0 Å². The zero-order valence-corrected chi connectivity index (χ0v) is 14.8. The molecule has 0 amide bonds. The highest BCUT2D eigenvalue weighted by molar-refractivity contribution is 6.57. The fourth-order valence-corrected chi connectivity index (χ4v) is 6.25. The van der Waals surface area contributed by atoms with Crippen molar-refractivity contribution < 1.29 is 0 Å². The SMILES string of the molecule is C[Si]1Cc2ccc3ccccc3c2-c2c(ccc3ccccc23)C1. The predicted molar refractivity (Wildman–Crippen MR) is 106 cm³/mol. The average Bonchev–Trinajstić information content (AvgIpc) is 2.77. The molecule has 5 rings (SSSR count). The topological polar surface area (TPSA) is 0 Å². The minimum absolute atomic E-state index is 0.388. The molecule has 0 nitrogen and oxygen atoms in total. The van der Waals surface area contributed by atoms with Gasteiger partial charge in [-0.05, 0) is 55.9 Å². The zero-order chi connectivity index (χ0) is 16.1. The van der Waals surface area contributed by atoms with Crippen molar-refractivity contribution in [2.45, 2.75) is 18.6 Å². The van der Waals surface area contributed by atoms with E-state index in [1.165, 1.54) is 44.8 Å². The Morgan fingerprint density at radius 2 is 1.04 bits per heavy atom. The van der Waals surface area contributed by atoms with Gasteiger partial charge in [-0.2, -0.15) is 0 Å². The molecule has 1 heterocycles. The maximum Gasteiger partial charge on any atom is 0.0539 e. The summed E-state index contributed by atoms with van der Waals surface area (Å²) in [4.78, 5) is 0. The Hall–Kier alpha value is -2.38. The van der Waals surface area contributed by atoms with Gasteiger partial charge in [0.15, 0.2) is 0 Å². The number of fused-ring (bicyclic) bond motifs is 7. The van der Waals surface area contributed by atoms with Gasteiger partial charge in [0.1, 0.15) is 0 Å². The van der Waals surface area contributed by atoms with Gasteiger partial charge in [0.2, 0.25) is 0 Å². The Labute approximate surface area is 144 Å². The highest BCUT2D eigenvalue weighted by Gasteiger charge is 2.22. The third kappa shape index (κ3) is 2.05. The fourth-order valence-electron chi connectivity index (χ4n) is 4.23. The summed E-state index contributed by atoms with van der Waals surface area (Å²) in [5.41, 5.74) is 6.06. The molecule has 4 aromatic carbocycles. The van der Waals surface area contributed by atoms with Gasteiger partial charge >= 0.3 is 0 Å². The molecule has 0 N–H and O–H groups in total. The molecule has 0 spiro atoms. The van der Waals surface area contributed by atoms with E-state index in [-0.39, 0.29) is 8.80 Å². The molecule has 0 aliphatic carbocycles. The van der Waals surface area contributed by atoms with Crippen LogP contribution in [0.5, 0.6) is 0 Å². The largest absolute Gasteiger partial charge is 0.0706 e. The molecule has 0 unspecified atom stereocenters. The predicted octanol–water partition coefficient (Wildman–Crippen LogP) is 5.96. The lowest BCUT2D eigenvalue weighted by Gasteiger charge is -2.16. The maximum absolute atomic E-state index is 2.48. The van der Waals surface area contributed by atoms with E-state index in [9.17, 15) is 0 Å². The number of rotatable bonds is 0. The van der Waals surface area contributed by atoms with Crippen molar-refractivity contribution >= 4 is 30.3 Å². The van der Waals surface area contributed by atoms with Gasteiger partial charge in [0.05, 0.1) is 8.80 Å². The van der Waals surface area contributed by atoms with Crippen molar-refractivity contribution in [1.29, 1.82) is 0 Å². The van der Waals surface area contributed by atoms with E-state index in [1.807, 2.05) is 0 Å². The molecule has 0 aromatic heterocycles. The summed E-state index contributed by atoms with van der Waals surface area (Å²) in [6.45, 7) is 2.48. The highest BCUT2D eigenvalue weighted by atomic mass is 28.3. The standard InChI is InChI=1S/C23H19Si/c1-24-14-18-12-10-16-6-2-4-8-20(16)22(18)23-19(15-24)13-11-17-7-3-5-9-21(17)23/h2-13H,14-15H2,1H3. The first-order chi connectivity index (χ1) is 11.8. The summed E-state index contributed by atoms with van der Waals surface area (Å²) >= 11 is 0. The minimum atomic E-state index is -0.388. The Balaban J connectivity index is 2.00. The van der Waals surface area contributed by atoms with E-state index >= 15 is 0 Å². The Kier molecular flexibility index (Phi) is 3.10. The maximum atomic E-state index is 2.48. The van der Waals surface area contributed by atoms with Crippen molar-refractivity contribution in [1.82, 2.24) is 0 Å². The molecular formula is C23H19Si. The van der Waals surface area contributed by atoms with Crippen LogP contribution in [0.15, 0.2) is 72.8 Å². The quantitative estimate of drug-likeness (QED) is 0.350. The van der Waals surface area contributed by atoms with E-state index in [4.69, 9.17) is 0 Å². The fraction of sp³-hybridized carbons (Fsp3) is 0.130. The number of hydrogen-bond acceptors (Lipinski definition) is 0. The summed E-state index contributed by atoms with van der Waals surface area (Å²) < 4.78 is 0. The third-order valence-corrected chi connectivity index (χ3v) is 7.23. The second-order valence-corrected chi connectivity index (χ2v) is 9.57. The molecule has 1 aliphatic heterocycles. The smallest absolute Gasteiger partial charge is 0.0539 e. The molecule has 0 saturated carbocycles. The van der Waals surface area contributed by atoms with Crippen LogP contribution >= 0.6 is 0 Å². The Bertz CT molecular complexity index is 991. The van der Waals surface area contributed by atoms with Crippen molar-refractivity contribution in [3.05, 3.63) is 83.9 Å². The molecule has 1 aliphatic rings. The minimum Gasteiger partial charge on any atom is -0.0706 e. The van der Waals surface area contributed by atoms with Gasteiger partial charge in [-0.25, -0.2) is 0 Å². The van der Waals surface area contributed by atoms with Crippen molar-refractivity contribution in [2.24, 2.45) is 0 Å². The van der Waals surface area contributed by atoms with Gasteiger partial charge in [0, 0.05) is 0 Å². The Morgan fingerprint density at radius 3 is 1.54 bits per heavy atom. The molecule has 4 aromatic rings. The van der Waals surface area contributed by atoms with Gasteiger partial charge in [-0.3, -0.25) is 0 Å². The summed E-state index contributed by atoms with van der Waals surface area (Å²) in [7, 11) is -0.388.